The molecule has 5 rings (SSSR count). The van der Waals surface area contributed by atoms with Gasteiger partial charge in [0.2, 0.25) is 0 Å². The molecule has 11 heteroatoms. The van der Waals surface area contributed by atoms with E-state index in [0.717, 1.165) is 52.8 Å². The molecule has 0 atom stereocenters. The zero-order valence-corrected chi connectivity index (χ0v) is 25.6. The Bertz CT molecular complexity index is 1520. The maximum absolute atomic E-state index is 12.9. The molecule has 1 aromatic carbocycles. The Morgan fingerprint density at radius 3 is 2.64 bits per heavy atom. The van der Waals surface area contributed by atoms with Crippen LogP contribution in [-0.2, 0) is 6.54 Å². The highest BCUT2D eigenvalue weighted by Gasteiger charge is 2.21. The summed E-state index contributed by atoms with van der Waals surface area (Å²) < 4.78 is 8.07. The molecule has 0 spiro atoms. The van der Waals surface area contributed by atoms with Gasteiger partial charge in [0.25, 0.3) is 5.91 Å². The predicted molar refractivity (Wildman–Crippen MR) is 167 cm³/mol. The van der Waals surface area contributed by atoms with Gasteiger partial charge in [-0.2, -0.15) is 5.10 Å². The van der Waals surface area contributed by atoms with Crippen molar-refractivity contribution >= 4 is 44.8 Å². The van der Waals surface area contributed by atoms with Crippen molar-refractivity contribution in [3.8, 4) is 17.0 Å². The number of halogens is 1. The van der Waals surface area contributed by atoms with Gasteiger partial charge in [0, 0.05) is 35.5 Å². The fourth-order valence-electron chi connectivity index (χ4n) is 4.71. The number of nitrogens with zero attached hydrogens (tertiary/aromatic N) is 5. The molecule has 42 heavy (non-hydrogen) atoms. The van der Waals surface area contributed by atoms with Crippen LogP contribution in [0.5, 0.6) is 5.75 Å². The number of pyridine rings is 2. The third kappa shape index (κ3) is 7.92. The molecule has 0 saturated heterocycles. The molecule has 220 valence electrons. The van der Waals surface area contributed by atoms with Crippen LogP contribution in [0.15, 0.2) is 59.3 Å². The molecule has 3 heterocycles. The van der Waals surface area contributed by atoms with Crippen LogP contribution < -0.4 is 15.4 Å². The number of amides is 2. The van der Waals surface area contributed by atoms with Crippen LogP contribution in [0.1, 0.15) is 48.9 Å². The normalized spacial score (nSPS) is 13.0. The molecule has 2 amide bonds. The summed E-state index contributed by atoms with van der Waals surface area (Å²) in [6.07, 6.45) is 9.59. The summed E-state index contributed by atoms with van der Waals surface area (Å²) in [5.74, 6) is 1.51. The van der Waals surface area contributed by atoms with Crippen LogP contribution in [-0.4, -0.2) is 63.8 Å². The lowest BCUT2D eigenvalue weighted by atomic mass is 10.1. The second-order valence-corrected chi connectivity index (χ2v) is 11.7. The molecule has 0 unspecified atom stereocenters. The molecule has 1 aliphatic carbocycles. The van der Waals surface area contributed by atoms with Gasteiger partial charge in [0.15, 0.2) is 11.5 Å². The lowest BCUT2D eigenvalue weighted by Crippen LogP contribution is -2.29. The quantitative estimate of drug-likeness (QED) is 0.170. The van der Waals surface area contributed by atoms with Gasteiger partial charge < -0.3 is 20.3 Å². The van der Waals surface area contributed by atoms with Crippen molar-refractivity contribution in [1.82, 2.24) is 30.0 Å². The van der Waals surface area contributed by atoms with Gasteiger partial charge in [-0.25, -0.2) is 14.5 Å². The Kier molecular flexibility index (Phi) is 9.81. The minimum absolute atomic E-state index is 0.277. The monoisotopic (exact) mass is 633 g/mol. The topological polar surface area (TPSA) is 114 Å². The van der Waals surface area contributed by atoms with E-state index in [1.807, 2.05) is 37.0 Å². The Labute approximate surface area is 254 Å². The van der Waals surface area contributed by atoms with E-state index in [0.29, 0.717) is 35.9 Å². The summed E-state index contributed by atoms with van der Waals surface area (Å²) in [5.41, 5.74) is 2.73. The first-order valence-corrected chi connectivity index (χ1v) is 15.2. The number of fused-ring (bicyclic) bond motifs is 1. The lowest BCUT2D eigenvalue weighted by molar-refractivity contribution is 0.102. The van der Waals surface area contributed by atoms with Gasteiger partial charge >= 0.3 is 6.09 Å². The maximum Gasteiger partial charge on any atom is 0.412 e. The highest BCUT2D eigenvalue weighted by Crippen LogP contribution is 2.35. The third-order valence-corrected chi connectivity index (χ3v) is 7.76. The zero-order chi connectivity index (χ0) is 29.5. The number of carbonyl (C=O) groups is 2. The minimum atomic E-state index is -0.478. The van der Waals surface area contributed by atoms with Crippen LogP contribution in [0.3, 0.4) is 0 Å². The molecule has 10 nitrogen and oxygen atoms in total. The van der Waals surface area contributed by atoms with Crippen LogP contribution in [0.2, 0.25) is 0 Å². The zero-order valence-electron chi connectivity index (χ0n) is 24.0. The first-order chi connectivity index (χ1) is 20.4. The van der Waals surface area contributed by atoms with E-state index in [1.165, 1.54) is 25.5 Å². The number of carbonyl (C=O) groups excluding carboxylic acids is 2. The van der Waals surface area contributed by atoms with Crippen LogP contribution >= 0.6 is 15.9 Å². The SMILES string of the molecule is CN(C)CCCNC(=O)Oc1ccc(-c2nc3c(cc2Br)c(NC(=O)c2cccnc2)nn3CCCCC2CC2)cc1. The number of nitrogens with one attached hydrogen (secondary N) is 2. The van der Waals surface area contributed by atoms with E-state index >= 15 is 0 Å². The number of unbranched alkanes of at least 4 members (excludes halogenated alkanes) is 1. The summed E-state index contributed by atoms with van der Waals surface area (Å²) in [7, 11) is 3.99. The number of anilines is 1. The average molecular weight is 635 g/mol. The van der Waals surface area contributed by atoms with Crippen molar-refractivity contribution in [1.29, 1.82) is 0 Å². The fourth-order valence-corrected chi connectivity index (χ4v) is 5.26. The summed E-state index contributed by atoms with van der Waals surface area (Å²) in [4.78, 5) is 36.2. The summed E-state index contributed by atoms with van der Waals surface area (Å²) in [6.45, 7) is 2.14. The van der Waals surface area contributed by atoms with Gasteiger partial charge in [-0.15, -0.1) is 0 Å². The van der Waals surface area contributed by atoms with Crippen LogP contribution in [0.25, 0.3) is 22.3 Å². The molecule has 4 aromatic rings. The molecule has 1 saturated carbocycles. The molecule has 0 radical (unpaired) electrons. The second-order valence-electron chi connectivity index (χ2n) is 10.9. The van der Waals surface area contributed by atoms with Gasteiger partial charge in [0.1, 0.15) is 5.75 Å². The van der Waals surface area contributed by atoms with Crippen molar-refractivity contribution < 1.29 is 14.3 Å². The van der Waals surface area contributed by atoms with E-state index in [9.17, 15) is 9.59 Å². The van der Waals surface area contributed by atoms with Gasteiger partial charge in [-0.1, -0.05) is 25.7 Å². The lowest BCUT2D eigenvalue weighted by Gasteiger charge is -2.11. The molecular formula is C31H36BrN7O3. The van der Waals surface area contributed by atoms with E-state index < -0.39 is 6.09 Å². The first-order valence-electron chi connectivity index (χ1n) is 14.4. The number of rotatable bonds is 13. The van der Waals surface area contributed by atoms with E-state index in [-0.39, 0.29) is 5.91 Å². The Morgan fingerprint density at radius 2 is 1.93 bits per heavy atom. The largest absolute Gasteiger partial charge is 0.412 e. The number of aromatic nitrogens is 4. The van der Waals surface area contributed by atoms with Gasteiger partial charge in [0.05, 0.1) is 16.6 Å². The van der Waals surface area contributed by atoms with E-state index in [4.69, 9.17) is 14.8 Å². The molecule has 0 bridgehead atoms. The standard InChI is InChI=1S/C31H36BrN7O3/c1-38(2)17-6-16-34-31(41)42-24-13-11-22(12-14-24)27-26(32)19-25-28(36-30(40)23-8-5-15-33-20-23)37-39(29(25)35-27)18-4-3-7-21-9-10-21/h5,8,11-15,19-21H,3-4,6-7,9-10,16-18H2,1-2H3,(H,34,41)(H,36,37,40). The molecule has 2 N–H and O–H groups in total. The minimum Gasteiger partial charge on any atom is -0.410 e. The Hall–Kier alpha value is -3.83. The van der Waals surface area contributed by atoms with Crippen LogP contribution in [0.4, 0.5) is 10.6 Å². The second kappa shape index (κ2) is 13.9. The summed E-state index contributed by atoms with van der Waals surface area (Å²) in [6, 6.07) is 12.6. The molecule has 0 aliphatic heterocycles. The number of hydrogen-bond acceptors (Lipinski definition) is 7. The molecule has 3 aromatic heterocycles. The van der Waals surface area contributed by atoms with Crippen molar-refractivity contribution in [2.45, 2.75) is 45.1 Å². The highest BCUT2D eigenvalue weighted by molar-refractivity contribution is 9.10. The van der Waals surface area contributed by atoms with Gasteiger partial charge in [-0.3, -0.25) is 9.78 Å². The summed E-state index contributed by atoms with van der Waals surface area (Å²) in [5, 5.41) is 11.2. The number of benzene rings is 1. The highest BCUT2D eigenvalue weighted by atomic mass is 79.9. The van der Waals surface area contributed by atoms with E-state index in [1.54, 1.807) is 30.5 Å². The third-order valence-electron chi connectivity index (χ3n) is 7.15. The van der Waals surface area contributed by atoms with Crippen molar-refractivity contribution in [2.24, 2.45) is 5.92 Å². The van der Waals surface area contributed by atoms with Crippen molar-refractivity contribution in [3.05, 3.63) is 64.9 Å². The number of aryl methyl sites for hydroxylation is 1. The van der Waals surface area contributed by atoms with Crippen LogP contribution in [0, 0.1) is 5.92 Å². The van der Waals surface area contributed by atoms with Crippen molar-refractivity contribution in [2.75, 3.05) is 32.5 Å². The first kappa shape index (κ1) is 29.7. The predicted octanol–water partition coefficient (Wildman–Crippen LogP) is 6.13. The maximum atomic E-state index is 12.9. The smallest absolute Gasteiger partial charge is 0.410 e. The van der Waals surface area contributed by atoms with Crippen molar-refractivity contribution in [3.63, 3.8) is 0 Å². The Morgan fingerprint density at radius 1 is 1.12 bits per heavy atom. The fraction of sp³-hybridized carbons (Fsp3) is 0.387. The molecule has 1 fully saturated rings. The Balaban J connectivity index is 1.34. The molecular weight excluding hydrogens is 598 g/mol. The van der Waals surface area contributed by atoms with Gasteiger partial charge in [-0.05, 0) is 97.8 Å². The summed E-state index contributed by atoms with van der Waals surface area (Å²) >= 11 is 3.68. The average Bonchev–Trinajstić information content (AvgIpc) is 3.76. The number of ether oxygens (including phenoxy) is 1. The van der Waals surface area contributed by atoms with E-state index in [2.05, 4.69) is 36.4 Å². The molecule has 1 aliphatic rings. The number of hydrogen-bond donors (Lipinski definition) is 2.